The fourth-order valence-corrected chi connectivity index (χ4v) is 4.61. The van der Waals surface area contributed by atoms with Crippen LogP contribution in [0.2, 0.25) is 19.1 Å². The van der Waals surface area contributed by atoms with Crippen molar-refractivity contribution in [3.63, 3.8) is 0 Å². The quantitative estimate of drug-likeness (QED) is 0.0932. The molecule has 0 saturated carbocycles. The standard InChI is InChI=1S/C22H45ClOSi/c1-22(2)21-24-19-17-15-13-11-9-7-5-6-8-10-12-14-16-18-20-25(3,4)23/h1,5-21H2,2-4H3. The van der Waals surface area contributed by atoms with Crippen molar-refractivity contribution in [2.24, 2.45) is 0 Å². The maximum atomic E-state index is 6.34. The van der Waals surface area contributed by atoms with Crippen molar-refractivity contribution >= 4 is 18.5 Å². The topological polar surface area (TPSA) is 9.23 Å². The van der Waals surface area contributed by atoms with Gasteiger partial charge in [-0.1, -0.05) is 109 Å². The first-order chi connectivity index (χ1) is 11.9. The van der Waals surface area contributed by atoms with Crippen LogP contribution in [-0.4, -0.2) is 20.6 Å². The van der Waals surface area contributed by atoms with Crippen molar-refractivity contribution in [1.82, 2.24) is 0 Å². The largest absolute Gasteiger partial charge is 0.377 e. The molecule has 0 aliphatic heterocycles. The van der Waals surface area contributed by atoms with Gasteiger partial charge in [-0.2, -0.15) is 11.1 Å². The second-order valence-corrected chi connectivity index (χ2v) is 15.4. The van der Waals surface area contributed by atoms with Crippen LogP contribution in [0, 0.1) is 0 Å². The summed E-state index contributed by atoms with van der Waals surface area (Å²) < 4.78 is 5.52. The Morgan fingerprint density at radius 2 is 1.08 bits per heavy atom. The predicted molar refractivity (Wildman–Crippen MR) is 118 cm³/mol. The number of rotatable bonds is 19. The molecule has 0 unspecified atom stereocenters. The molecule has 0 aliphatic carbocycles. The van der Waals surface area contributed by atoms with E-state index < -0.39 is 7.38 Å². The van der Waals surface area contributed by atoms with Gasteiger partial charge in [-0.15, -0.1) is 0 Å². The monoisotopic (exact) mass is 388 g/mol. The lowest BCUT2D eigenvalue weighted by Crippen LogP contribution is -2.14. The van der Waals surface area contributed by atoms with Gasteiger partial charge in [0.2, 0.25) is 0 Å². The van der Waals surface area contributed by atoms with E-state index in [1.54, 1.807) is 0 Å². The van der Waals surface area contributed by atoms with Crippen LogP contribution in [0.3, 0.4) is 0 Å². The lowest BCUT2D eigenvalue weighted by atomic mass is 10.0. The maximum Gasteiger partial charge on any atom is 0.150 e. The summed E-state index contributed by atoms with van der Waals surface area (Å²) in [5.41, 5.74) is 1.12. The number of unbranched alkanes of at least 4 members (excludes halogenated alkanes) is 13. The summed E-state index contributed by atoms with van der Waals surface area (Å²) in [4.78, 5) is 0. The first-order valence-electron chi connectivity index (χ1n) is 10.8. The molecule has 0 aromatic carbocycles. The smallest absolute Gasteiger partial charge is 0.150 e. The predicted octanol–water partition coefficient (Wildman–Crippen LogP) is 8.48. The van der Waals surface area contributed by atoms with Crippen LogP contribution < -0.4 is 0 Å². The minimum absolute atomic E-state index is 0.729. The number of halogens is 1. The minimum Gasteiger partial charge on any atom is -0.377 e. The van der Waals surface area contributed by atoms with E-state index in [2.05, 4.69) is 19.7 Å². The summed E-state index contributed by atoms with van der Waals surface area (Å²) in [6.07, 6.45) is 19.5. The van der Waals surface area contributed by atoms with Gasteiger partial charge in [0.1, 0.15) is 7.38 Å². The van der Waals surface area contributed by atoms with Crippen LogP contribution in [0.5, 0.6) is 0 Å². The molecule has 0 radical (unpaired) electrons. The summed E-state index contributed by atoms with van der Waals surface area (Å²) in [6, 6.07) is 1.29. The molecule has 1 nitrogen and oxygen atoms in total. The fraction of sp³-hybridized carbons (Fsp3) is 0.909. The maximum absolute atomic E-state index is 6.34. The molecular formula is C22H45ClOSi. The van der Waals surface area contributed by atoms with E-state index in [9.17, 15) is 0 Å². The van der Waals surface area contributed by atoms with Gasteiger partial charge < -0.3 is 4.74 Å². The fourth-order valence-electron chi connectivity index (χ4n) is 3.12. The summed E-state index contributed by atoms with van der Waals surface area (Å²) in [7, 11) is -1.31. The second kappa shape index (κ2) is 17.6. The molecule has 0 bridgehead atoms. The van der Waals surface area contributed by atoms with Crippen LogP contribution >= 0.6 is 11.1 Å². The highest BCUT2D eigenvalue weighted by Gasteiger charge is 2.15. The zero-order valence-corrected chi connectivity index (χ0v) is 19.3. The SMILES string of the molecule is C=C(C)COCCCCCCCCCCCCCCCC[Si](C)(C)Cl. The van der Waals surface area contributed by atoms with Crippen molar-refractivity contribution in [3.05, 3.63) is 12.2 Å². The van der Waals surface area contributed by atoms with E-state index in [4.69, 9.17) is 15.8 Å². The third kappa shape index (κ3) is 24.2. The van der Waals surface area contributed by atoms with E-state index >= 15 is 0 Å². The highest BCUT2D eigenvalue weighted by molar-refractivity contribution is 7.19. The molecule has 0 aliphatic rings. The highest BCUT2D eigenvalue weighted by atomic mass is 35.6. The first-order valence-corrected chi connectivity index (χ1v) is 15.0. The Hall–Kier alpha value is 0.207. The molecule has 0 N–H and O–H groups in total. The Morgan fingerprint density at radius 3 is 1.44 bits per heavy atom. The van der Waals surface area contributed by atoms with Gasteiger partial charge >= 0.3 is 0 Å². The molecule has 150 valence electrons. The van der Waals surface area contributed by atoms with Crippen molar-refractivity contribution in [3.8, 4) is 0 Å². The Labute approximate surface area is 164 Å². The van der Waals surface area contributed by atoms with E-state index in [0.29, 0.717) is 0 Å². The molecule has 0 saturated heterocycles. The molecule has 25 heavy (non-hydrogen) atoms. The van der Waals surface area contributed by atoms with Gasteiger partial charge in [0.15, 0.2) is 0 Å². The van der Waals surface area contributed by atoms with E-state index in [-0.39, 0.29) is 0 Å². The zero-order valence-electron chi connectivity index (χ0n) is 17.5. The normalized spacial score (nSPS) is 11.8. The van der Waals surface area contributed by atoms with Crippen LogP contribution in [0.4, 0.5) is 0 Å². The number of ether oxygens (including phenoxy) is 1. The number of hydrogen-bond donors (Lipinski definition) is 0. The Kier molecular flexibility index (Phi) is 17.8. The molecule has 0 spiro atoms. The van der Waals surface area contributed by atoms with Crippen LogP contribution in [-0.2, 0) is 4.74 Å². The van der Waals surface area contributed by atoms with E-state index in [1.165, 1.54) is 95.9 Å². The van der Waals surface area contributed by atoms with Crippen molar-refractivity contribution < 1.29 is 4.74 Å². The van der Waals surface area contributed by atoms with Crippen LogP contribution in [0.15, 0.2) is 12.2 Å². The third-order valence-corrected chi connectivity index (χ3v) is 6.77. The molecule has 0 aromatic rings. The Morgan fingerprint density at radius 1 is 0.720 bits per heavy atom. The molecule has 0 rings (SSSR count). The van der Waals surface area contributed by atoms with Gasteiger partial charge in [-0.05, 0) is 19.4 Å². The summed E-state index contributed by atoms with van der Waals surface area (Å²) in [5, 5.41) is 0. The van der Waals surface area contributed by atoms with Crippen molar-refractivity contribution in [2.45, 2.75) is 116 Å². The Balaban J connectivity index is 3.04. The van der Waals surface area contributed by atoms with Crippen molar-refractivity contribution in [1.29, 1.82) is 0 Å². The Bertz CT molecular complexity index is 299. The van der Waals surface area contributed by atoms with E-state index in [1.807, 2.05) is 6.92 Å². The van der Waals surface area contributed by atoms with Crippen LogP contribution in [0.1, 0.15) is 96.8 Å². The summed E-state index contributed by atoms with van der Waals surface area (Å²) in [6.45, 7) is 12.0. The molecule has 0 atom stereocenters. The molecule has 3 heteroatoms. The highest BCUT2D eigenvalue weighted by Crippen LogP contribution is 2.19. The molecule has 0 amide bonds. The zero-order chi connectivity index (χ0) is 18.8. The second-order valence-electron chi connectivity index (χ2n) is 8.43. The minimum atomic E-state index is -1.31. The lowest BCUT2D eigenvalue weighted by Gasteiger charge is -2.11. The molecule has 0 aromatic heterocycles. The molecular weight excluding hydrogens is 344 g/mol. The lowest BCUT2D eigenvalue weighted by molar-refractivity contribution is 0.151. The van der Waals surface area contributed by atoms with Gasteiger partial charge in [0.25, 0.3) is 0 Å². The van der Waals surface area contributed by atoms with Crippen LogP contribution in [0.25, 0.3) is 0 Å². The van der Waals surface area contributed by atoms with Gasteiger partial charge in [0, 0.05) is 6.61 Å². The van der Waals surface area contributed by atoms with Gasteiger partial charge in [-0.25, -0.2) is 0 Å². The molecule has 0 fully saturated rings. The van der Waals surface area contributed by atoms with Gasteiger partial charge in [0.05, 0.1) is 6.61 Å². The third-order valence-electron chi connectivity index (χ3n) is 4.66. The van der Waals surface area contributed by atoms with Crippen molar-refractivity contribution in [2.75, 3.05) is 13.2 Å². The summed E-state index contributed by atoms with van der Waals surface area (Å²) in [5.74, 6) is 0. The van der Waals surface area contributed by atoms with E-state index in [0.717, 1.165) is 18.8 Å². The van der Waals surface area contributed by atoms with Gasteiger partial charge in [-0.3, -0.25) is 0 Å². The molecule has 0 heterocycles. The first kappa shape index (κ1) is 25.2. The average Bonchev–Trinajstić information content (AvgIpc) is 2.52. The number of hydrogen-bond acceptors (Lipinski definition) is 1. The summed E-state index contributed by atoms with van der Waals surface area (Å²) >= 11 is 6.34. The average molecular weight is 389 g/mol.